The van der Waals surface area contributed by atoms with Crippen LogP contribution in [0.2, 0.25) is 0 Å². The zero-order valence-electron chi connectivity index (χ0n) is 10.8. The summed E-state index contributed by atoms with van der Waals surface area (Å²) in [5.74, 6) is 0.916. The summed E-state index contributed by atoms with van der Waals surface area (Å²) in [6.45, 7) is 8.08. The van der Waals surface area contributed by atoms with Crippen LogP contribution < -0.4 is 5.32 Å². The second-order valence-electron chi connectivity index (χ2n) is 5.19. The number of nitrogens with zero attached hydrogens (tertiary/aromatic N) is 1. The molecule has 1 N–H and O–H groups in total. The molecule has 1 aliphatic heterocycles. The number of likely N-dealkylation sites (tertiary alicyclic amines) is 1. The van der Waals surface area contributed by atoms with Crippen LogP contribution in [-0.4, -0.2) is 31.1 Å². The molecule has 1 aromatic rings. The van der Waals surface area contributed by atoms with E-state index < -0.39 is 0 Å². The maximum Gasteiger partial charge on any atom is 0.0947 e. The molecule has 96 valence electrons. The van der Waals surface area contributed by atoms with Gasteiger partial charge in [-0.25, -0.2) is 0 Å². The third-order valence-corrected chi connectivity index (χ3v) is 3.62. The van der Waals surface area contributed by atoms with Crippen LogP contribution in [0.1, 0.15) is 31.7 Å². The summed E-state index contributed by atoms with van der Waals surface area (Å²) >= 11 is 0. The molecule has 3 nitrogen and oxygen atoms in total. The lowest BCUT2D eigenvalue weighted by Gasteiger charge is -2.19. The Labute approximate surface area is 104 Å². The van der Waals surface area contributed by atoms with E-state index in [2.05, 4.69) is 17.1 Å². The van der Waals surface area contributed by atoms with E-state index in [4.69, 9.17) is 4.42 Å². The van der Waals surface area contributed by atoms with Gasteiger partial charge in [0.25, 0.3) is 0 Å². The van der Waals surface area contributed by atoms with Crippen LogP contribution in [-0.2, 0) is 6.54 Å². The fourth-order valence-corrected chi connectivity index (χ4v) is 2.41. The summed E-state index contributed by atoms with van der Waals surface area (Å²) in [6, 6.07) is 2.01. The van der Waals surface area contributed by atoms with Gasteiger partial charge in [-0.05, 0) is 44.3 Å². The molecule has 0 amide bonds. The van der Waals surface area contributed by atoms with Crippen molar-refractivity contribution in [3.05, 3.63) is 24.2 Å². The molecule has 0 radical (unpaired) electrons. The Kier molecular flexibility index (Phi) is 5.08. The van der Waals surface area contributed by atoms with Crippen LogP contribution in [0.15, 0.2) is 23.0 Å². The molecule has 1 unspecified atom stereocenters. The van der Waals surface area contributed by atoms with Gasteiger partial charge in [0.05, 0.1) is 12.5 Å². The summed E-state index contributed by atoms with van der Waals surface area (Å²) in [5.41, 5.74) is 1.23. The van der Waals surface area contributed by atoms with Crippen LogP contribution >= 0.6 is 0 Å². The summed E-state index contributed by atoms with van der Waals surface area (Å²) < 4.78 is 5.04. The van der Waals surface area contributed by atoms with Crippen LogP contribution in [0, 0.1) is 5.92 Å². The van der Waals surface area contributed by atoms with E-state index in [1.165, 1.54) is 44.5 Å². The SMILES string of the molecule is CC1CCCN(CCNCc2ccoc2)CC1. The molecule has 0 aliphatic carbocycles. The highest BCUT2D eigenvalue weighted by atomic mass is 16.3. The standard InChI is InChI=1S/C14H24N2O/c1-13-3-2-7-16(8-4-13)9-6-15-11-14-5-10-17-12-14/h5,10,12-13,15H,2-4,6-9,11H2,1H3. The van der Waals surface area contributed by atoms with Crippen molar-refractivity contribution in [1.29, 1.82) is 0 Å². The molecule has 1 atom stereocenters. The Morgan fingerprint density at radius 3 is 3.18 bits per heavy atom. The van der Waals surface area contributed by atoms with Crippen molar-refractivity contribution in [2.75, 3.05) is 26.2 Å². The lowest BCUT2D eigenvalue weighted by molar-refractivity contribution is 0.281. The van der Waals surface area contributed by atoms with Crippen molar-refractivity contribution in [3.8, 4) is 0 Å². The maximum atomic E-state index is 5.04. The highest BCUT2D eigenvalue weighted by Crippen LogP contribution is 2.15. The van der Waals surface area contributed by atoms with E-state index in [0.717, 1.165) is 19.0 Å². The topological polar surface area (TPSA) is 28.4 Å². The van der Waals surface area contributed by atoms with Crippen molar-refractivity contribution < 1.29 is 4.42 Å². The van der Waals surface area contributed by atoms with Crippen molar-refractivity contribution in [1.82, 2.24) is 10.2 Å². The fraction of sp³-hybridized carbons (Fsp3) is 0.714. The molecule has 2 heterocycles. The minimum Gasteiger partial charge on any atom is -0.472 e. The molecule has 0 bridgehead atoms. The number of nitrogens with one attached hydrogen (secondary N) is 1. The number of furan rings is 1. The lowest BCUT2D eigenvalue weighted by atomic mass is 10.0. The fourth-order valence-electron chi connectivity index (χ4n) is 2.41. The summed E-state index contributed by atoms with van der Waals surface area (Å²) in [4.78, 5) is 2.59. The third-order valence-electron chi connectivity index (χ3n) is 3.62. The van der Waals surface area contributed by atoms with E-state index in [0.29, 0.717) is 0 Å². The van der Waals surface area contributed by atoms with E-state index in [-0.39, 0.29) is 0 Å². The number of rotatable bonds is 5. The first-order valence-electron chi connectivity index (χ1n) is 6.79. The second-order valence-corrected chi connectivity index (χ2v) is 5.19. The van der Waals surface area contributed by atoms with Gasteiger partial charge in [0, 0.05) is 25.2 Å². The Hall–Kier alpha value is -0.800. The van der Waals surface area contributed by atoms with Crippen LogP contribution in [0.5, 0.6) is 0 Å². The summed E-state index contributed by atoms with van der Waals surface area (Å²) in [7, 11) is 0. The third kappa shape index (κ3) is 4.52. The molecule has 1 aromatic heterocycles. The quantitative estimate of drug-likeness (QED) is 0.796. The molecular weight excluding hydrogens is 212 g/mol. The average Bonchev–Trinajstić information content (AvgIpc) is 2.75. The first-order chi connectivity index (χ1) is 8.34. The molecule has 3 heteroatoms. The molecule has 1 saturated heterocycles. The first-order valence-corrected chi connectivity index (χ1v) is 6.79. The zero-order chi connectivity index (χ0) is 11.9. The van der Waals surface area contributed by atoms with E-state index in [1.54, 1.807) is 12.5 Å². The second kappa shape index (κ2) is 6.82. The van der Waals surface area contributed by atoms with E-state index >= 15 is 0 Å². The molecule has 0 saturated carbocycles. The summed E-state index contributed by atoms with van der Waals surface area (Å²) in [5, 5.41) is 3.47. The van der Waals surface area contributed by atoms with Gasteiger partial charge in [-0.15, -0.1) is 0 Å². The van der Waals surface area contributed by atoms with Gasteiger partial charge in [0.15, 0.2) is 0 Å². The highest BCUT2D eigenvalue weighted by molar-refractivity contribution is 5.04. The zero-order valence-corrected chi connectivity index (χ0v) is 10.8. The molecule has 2 rings (SSSR count). The molecule has 0 aromatic carbocycles. The van der Waals surface area contributed by atoms with Crippen LogP contribution in [0.25, 0.3) is 0 Å². The van der Waals surface area contributed by atoms with Crippen molar-refractivity contribution in [2.24, 2.45) is 5.92 Å². The highest BCUT2D eigenvalue weighted by Gasteiger charge is 2.12. The molecule has 1 aliphatic rings. The van der Waals surface area contributed by atoms with Crippen LogP contribution in [0.4, 0.5) is 0 Å². The van der Waals surface area contributed by atoms with Crippen molar-refractivity contribution in [2.45, 2.75) is 32.7 Å². The number of hydrogen-bond donors (Lipinski definition) is 1. The average molecular weight is 236 g/mol. The van der Waals surface area contributed by atoms with Crippen molar-refractivity contribution >= 4 is 0 Å². The minimum absolute atomic E-state index is 0.916. The van der Waals surface area contributed by atoms with Gasteiger partial charge >= 0.3 is 0 Å². The molecule has 0 spiro atoms. The van der Waals surface area contributed by atoms with Gasteiger partial charge in [0.2, 0.25) is 0 Å². The predicted molar refractivity (Wildman–Crippen MR) is 69.9 cm³/mol. The first kappa shape index (κ1) is 12.7. The van der Waals surface area contributed by atoms with E-state index in [9.17, 15) is 0 Å². The Morgan fingerprint density at radius 1 is 1.41 bits per heavy atom. The largest absolute Gasteiger partial charge is 0.472 e. The van der Waals surface area contributed by atoms with Gasteiger partial charge in [-0.1, -0.05) is 6.92 Å². The molecular formula is C14H24N2O. The molecule has 1 fully saturated rings. The van der Waals surface area contributed by atoms with Gasteiger partial charge in [-0.3, -0.25) is 0 Å². The van der Waals surface area contributed by atoms with Gasteiger partial charge in [0.1, 0.15) is 0 Å². The Bertz CT molecular complexity index is 297. The van der Waals surface area contributed by atoms with Gasteiger partial charge in [-0.2, -0.15) is 0 Å². The Balaban J connectivity index is 1.58. The van der Waals surface area contributed by atoms with Crippen LogP contribution in [0.3, 0.4) is 0 Å². The monoisotopic (exact) mass is 236 g/mol. The normalized spacial score (nSPS) is 22.5. The molecule has 17 heavy (non-hydrogen) atoms. The predicted octanol–water partition coefficient (Wildman–Crippen LogP) is 2.49. The lowest BCUT2D eigenvalue weighted by Crippen LogP contribution is -2.32. The number of hydrogen-bond acceptors (Lipinski definition) is 3. The summed E-state index contributed by atoms with van der Waals surface area (Å²) in [6.07, 6.45) is 7.66. The smallest absolute Gasteiger partial charge is 0.0947 e. The van der Waals surface area contributed by atoms with E-state index in [1.807, 2.05) is 6.07 Å². The van der Waals surface area contributed by atoms with Gasteiger partial charge < -0.3 is 14.6 Å². The maximum absolute atomic E-state index is 5.04. The minimum atomic E-state index is 0.916. The Morgan fingerprint density at radius 2 is 2.35 bits per heavy atom. The van der Waals surface area contributed by atoms with Crippen molar-refractivity contribution in [3.63, 3.8) is 0 Å².